The number of thiophene rings is 1. The highest BCUT2D eigenvalue weighted by atomic mass is 32.1. The van der Waals surface area contributed by atoms with Crippen LogP contribution in [0.4, 0.5) is 13.2 Å². The van der Waals surface area contributed by atoms with Crippen molar-refractivity contribution in [2.75, 3.05) is 32.9 Å². The topological polar surface area (TPSA) is 76.8 Å². The number of carboxylic acids is 1. The number of carbonyl (C=O) groups is 1. The molecule has 11 heteroatoms. The van der Waals surface area contributed by atoms with E-state index in [4.69, 9.17) is 19.4 Å². The molecule has 0 amide bonds. The van der Waals surface area contributed by atoms with E-state index in [0.29, 0.717) is 12.5 Å². The average molecular weight is 447 g/mol. The molecule has 2 aromatic rings. The van der Waals surface area contributed by atoms with Gasteiger partial charge in [0.05, 0.1) is 26.1 Å². The molecule has 0 bridgehead atoms. The predicted octanol–water partition coefficient (Wildman–Crippen LogP) is 2.89. The molecule has 7 nitrogen and oxygen atoms in total. The Morgan fingerprint density at radius 2 is 2.23 bits per heavy atom. The molecule has 2 aliphatic rings. The van der Waals surface area contributed by atoms with Gasteiger partial charge in [-0.2, -0.15) is 24.5 Å². The van der Waals surface area contributed by atoms with E-state index in [0.717, 1.165) is 45.8 Å². The van der Waals surface area contributed by atoms with Crippen molar-refractivity contribution in [3.05, 3.63) is 41.1 Å². The quantitative estimate of drug-likeness (QED) is 0.777. The van der Waals surface area contributed by atoms with Crippen LogP contribution < -0.4 is 0 Å². The predicted molar refractivity (Wildman–Crippen MR) is 103 cm³/mol. The van der Waals surface area contributed by atoms with E-state index >= 15 is 0 Å². The Bertz CT molecular complexity index is 786. The molecule has 2 fully saturated rings. The molecule has 1 N–H and O–H groups in total. The summed E-state index contributed by atoms with van der Waals surface area (Å²) in [4.78, 5) is 15.5. The molecule has 0 radical (unpaired) electrons. The summed E-state index contributed by atoms with van der Waals surface area (Å²) in [7, 11) is 0. The summed E-state index contributed by atoms with van der Waals surface area (Å²) in [5.41, 5.74) is 1.25. The summed E-state index contributed by atoms with van der Waals surface area (Å²) >= 11 is 1.76. The maximum atomic E-state index is 10.6. The molecular formula is C19H24F3N3O4S. The first-order valence-corrected chi connectivity index (χ1v) is 10.4. The molecular weight excluding hydrogens is 423 g/mol. The van der Waals surface area contributed by atoms with Crippen LogP contribution in [-0.2, 0) is 27.4 Å². The van der Waals surface area contributed by atoms with Crippen molar-refractivity contribution < 1.29 is 32.5 Å². The minimum atomic E-state index is -5.08. The smallest absolute Gasteiger partial charge is 0.475 e. The van der Waals surface area contributed by atoms with Gasteiger partial charge in [0, 0.05) is 44.5 Å². The van der Waals surface area contributed by atoms with E-state index in [1.165, 1.54) is 5.56 Å². The van der Waals surface area contributed by atoms with Crippen LogP contribution >= 0.6 is 11.3 Å². The van der Waals surface area contributed by atoms with E-state index in [-0.39, 0.29) is 5.60 Å². The molecule has 2 atom stereocenters. The van der Waals surface area contributed by atoms with E-state index < -0.39 is 12.1 Å². The summed E-state index contributed by atoms with van der Waals surface area (Å²) in [6.45, 7) is 6.23. The number of hydrogen-bond donors (Lipinski definition) is 1. The Balaban J connectivity index is 0.000000318. The molecule has 2 aromatic heterocycles. The monoisotopic (exact) mass is 447 g/mol. The zero-order chi connectivity index (χ0) is 21.6. The van der Waals surface area contributed by atoms with Gasteiger partial charge in [-0.25, -0.2) is 9.78 Å². The molecule has 1 spiro atoms. The van der Waals surface area contributed by atoms with Gasteiger partial charge >= 0.3 is 12.1 Å². The van der Waals surface area contributed by atoms with Crippen LogP contribution in [0.5, 0.6) is 0 Å². The van der Waals surface area contributed by atoms with Gasteiger partial charge in [0.15, 0.2) is 0 Å². The number of ether oxygens (including phenoxy) is 2. The van der Waals surface area contributed by atoms with Gasteiger partial charge in [-0.15, -0.1) is 0 Å². The zero-order valence-corrected chi connectivity index (χ0v) is 17.1. The zero-order valence-electron chi connectivity index (χ0n) is 16.3. The summed E-state index contributed by atoms with van der Waals surface area (Å²) in [6, 6.07) is 2.21. The van der Waals surface area contributed by atoms with E-state index in [9.17, 15) is 13.2 Å². The number of alkyl halides is 3. The Labute approximate surface area is 176 Å². The van der Waals surface area contributed by atoms with Crippen molar-refractivity contribution >= 4 is 17.3 Å². The fourth-order valence-electron chi connectivity index (χ4n) is 3.72. The third-order valence-corrected chi connectivity index (χ3v) is 5.70. The molecule has 0 aromatic carbocycles. The van der Waals surface area contributed by atoms with Crippen molar-refractivity contribution in [1.29, 1.82) is 0 Å². The first kappa shape index (κ1) is 22.7. The van der Waals surface area contributed by atoms with Gasteiger partial charge in [0.2, 0.25) is 0 Å². The second-order valence-corrected chi connectivity index (χ2v) is 8.30. The molecule has 166 valence electrons. The van der Waals surface area contributed by atoms with E-state index in [1.54, 1.807) is 11.3 Å². The molecule has 0 aliphatic carbocycles. The van der Waals surface area contributed by atoms with Gasteiger partial charge in [-0.05, 0) is 28.8 Å². The van der Waals surface area contributed by atoms with Crippen LogP contribution in [0, 0.1) is 5.92 Å². The molecule has 30 heavy (non-hydrogen) atoms. The first-order chi connectivity index (χ1) is 14.3. The summed E-state index contributed by atoms with van der Waals surface area (Å²) in [5, 5.41) is 11.5. The van der Waals surface area contributed by atoms with Crippen LogP contribution in [0.1, 0.15) is 12.0 Å². The Kier molecular flexibility index (Phi) is 7.50. The molecule has 2 saturated heterocycles. The number of carboxylic acid groups (broad SMARTS) is 1. The summed E-state index contributed by atoms with van der Waals surface area (Å²) in [5.74, 6) is -2.22. The lowest BCUT2D eigenvalue weighted by molar-refractivity contribution is -0.192. The van der Waals surface area contributed by atoms with Gasteiger partial charge in [-0.1, -0.05) is 0 Å². The standard InChI is InChI=1S/C17H23N3O2S.C2HF3O2/c1-6-23-11-15(1)8-19-4-5-21-13-17(12-19)7-16(10-22-17)9-20-3-2-18-14-20;3-2(4,5)1(6)7/h1-3,6,11,14,16H,4-5,7-10,12-13H2;(H,6,7). The lowest BCUT2D eigenvalue weighted by atomic mass is 9.94. The highest BCUT2D eigenvalue weighted by Gasteiger charge is 2.43. The molecule has 2 aliphatic heterocycles. The number of halogens is 3. The SMILES string of the molecule is O=C(O)C(F)(F)F.c1cn(CC2COC3(COCCN(Cc4ccsc4)C3)C2)cn1. The molecule has 4 heterocycles. The van der Waals surface area contributed by atoms with Gasteiger partial charge in [0.25, 0.3) is 0 Å². The van der Waals surface area contributed by atoms with Gasteiger partial charge in [-0.3, -0.25) is 4.90 Å². The highest BCUT2D eigenvalue weighted by molar-refractivity contribution is 7.07. The third kappa shape index (κ3) is 6.53. The van der Waals surface area contributed by atoms with Gasteiger partial charge < -0.3 is 19.1 Å². The van der Waals surface area contributed by atoms with Crippen molar-refractivity contribution in [2.24, 2.45) is 5.92 Å². The fraction of sp³-hybridized carbons (Fsp3) is 0.579. The largest absolute Gasteiger partial charge is 0.490 e. The van der Waals surface area contributed by atoms with Crippen LogP contribution in [0.2, 0.25) is 0 Å². The Morgan fingerprint density at radius 3 is 2.87 bits per heavy atom. The van der Waals surface area contributed by atoms with E-state index in [2.05, 4.69) is 31.3 Å². The fourth-order valence-corrected chi connectivity index (χ4v) is 4.38. The minimum absolute atomic E-state index is 0.141. The first-order valence-electron chi connectivity index (χ1n) is 9.47. The summed E-state index contributed by atoms with van der Waals surface area (Å²) < 4.78 is 46.0. The number of hydrogen-bond acceptors (Lipinski definition) is 6. The number of imidazole rings is 1. The van der Waals surface area contributed by atoms with Crippen LogP contribution in [0.25, 0.3) is 0 Å². The second-order valence-electron chi connectivity index (χ2n) is 7.52. The van der Waals surface area contributed by atoms with Crippen LogP contribution in [0.3, 0.4) is 0 Å². The average Bonchev–Trinajstić information content (AvgIpc) is 3.40. The maximum absolute atomic E-state index is 10.6. The molecule has 2 unspecified atom stereocenters. The summed E-state index contributed by atoms with van der Waals surface area (Å²) in [6.07, 6.45) is 1.73. The van der Waals surface area contributed by atoms with Crippen LogP contribution in [-0.4, -0.2) is 70.2 Å². The molecule has 4 rings (SSSR count). The van der Waals surface area contributed by atoms with Crippen molar-refractivity contribution in [3.8, 4) is 0 Å². The van der Waals surface area contributed by atoms with E-state index in [1.807, 2.05) is 18.7 Å². The maximum Gasteiger partial charge on any atom is 0.490 e. The minimum Gasteiger partial charge on any atom is -0.475 e. The lowest BCUT2D eigenvalue weighted by Gasteiger charge is -2.31. The second kappa shape index (κ2) is 9.90. The number of nitrogens with zero attached hydrogens (tertiary/aromatic N) is 3. The number of aromatic nitrogens is 2. The van der Waals surface area contributed by atoms with Crippen molar-refractivity contribution in [2.45, 2.75) is 31.3 Å². The van der Waals surface area contributed by atoms with Crippen molar-refractivity contribution in [1.82, 2.24) is 14.5 Å². The van der Waals surface area contributed by atoms with Gasteiger partial charge in [0.1, 0.15) is 5.60 Å². The number of rotatable bonds is 4. The normalized spacial score (nSPS) is 25.0. The lowest BCUT2D eigenvalue weighted by Crippen LogP contribution is -2.43. The molecule has 0 saturated carbocycles. The Hall–Kier alpha value is -1.95. The third-order valence-electron chi connectivity index (χ3n) is 4.97. The Morgan fingerprint density at radius 1 is 1.43 bits per heavy atom. The van der Waals surface area contributed by atoms with Crippen molar-refractivity contribution in [3.63, 3.8) is 0 Å². The highest BCUT2D eigenvalue weighted by Crippen LogP contribution is 2.34. The van der Waals surface area contributed by atoms with Crippen LogP contribution in [0.15, 0.2) is 35.5 Å². The number of aliphatic carboxylic acids is 1.